The van der Waals surface area contributed by atoms with Gasteiger partial charge in [0.25, 0.3) is 0 Å². The van der Waals surface area contributed by atoms with Crippen molar-refractivity contribution in [2.24, 2.45) is 0 Å². The molecule has 0 heterocycles. The van der Waals surface area contributed by atoms with Gasteiger partial charge in [0.2, 0.25) is 0 Å². The van der Waals surface area contributed by atoms with E-state index in [0.717, 1.165) is 9.13 Å². The number of ketones is 1. The molecule has 92 valence electrons. The molecular weight excluding hydrogens is 366 g/mol. The van der Waals surface area contributed by atoms with Crippen molar-refractivity contribution >= 4 is 40.0 Å². The summed E-state index contributed by atoms with van der Waals surface area (Å²) < 4.78 is 14.5. The quantitative estimate of drug-likeness (QED) is 0.554. The number of aryl methyl sites for hydroxylation is 1. The lowest BCUT2D eigenvalue weighted by Gasteiger charge is -2.05. The minimum Gasteiger partial charge on any atom is -0.288 e. The Kier molecular flexibility index (Phi) is 4.02. The van der Waals surface area contributed by atoms with Gasteiger partial charge in [0.1, 0.15) is 5.82 Å². The fourth-order valence-corrected chi connectivity index (χ4v) is 2.12. The monoisotopic (exact) mass is 374 g/mol. The van der Waals surface area contributed by atoms with Crippen LogP contribution in [0, 0.1) is 16.3 Å². The van der Waals surface area contributed by atoms with E-state index in [-0.39, 0.29) is 11.3 Å². The molecule has 4 heteroatoms. The first-order valence-electron chi connectivity index (χ1n) is 5.25. The molecule has 0 N–H and O–H groups in total. The molecule has 2 rings (SSSR count). The maximum absolute atomic E-state index is 13.6. The molecule has 0 amide bonds. The standard InChI is InChI=1S/C14H9ClFIO/c1-8-2-4-12(16)10(6-8)14(18)9-3-5-13(17)11(15)7-9/h2-7H,1H3. The van der Waals surface area contributed by atoms with Crippen LogP contribution in [0.25, 0.3) is 0 Å². The van der Waals surface area contributed by atoms with E-state index in [1.165, 1.54) is 6.07 Å². The first-order chi connectivity index (χ1) is 8.49. The summed E-state index contributed by atoms with van der Waals surface area (Å²) in [6, 6.07) is 9.43. The second kappa shape index (κ2) is 5.36. The number of halogens is 3. The van der Waals surface area contributed by atoms with E-state index in [0.29, 0.717) is 10.6 Å². The summed E-state index contributed by atoms with van der Waals surface area (Å²) in [7, 11) is 0. The Hall–Kier alpha value is -0.940. The van der Waals surface area contributed by atoms with Gasteiger partial charge in [0.05, 0.1) is 10.6 Å². The highest BCUT2D eigenvalue weighted by atomic mass is 127. The highest BCUT2D eigenvalue weighted by Gasteiger charge is 2.15. The molecular formula is C14H9ClFIO. The molecule has 0 aliphatic rings. The second-order valence-electron chi connectivity index (χ2n) is 3.94. The van der Waals surface area contributed by atoms with Crippen molar-refractivity contribution in [1.82, 2.24) is 0 Å². The summed E-state index contributed by atoms with van der Waals surface area (Å²) >= 11 is 8.04. The van der Waals surface area contributed by atoms with E-state index in [2.05, 4.69) is 22.6 Å². The summed E-state index contributed by atoms with van der Waals surface area (Å²) in [6.45, 7) is 1.82. The molecule has 0 saturated heterocycles. The Labute approximate surface area is 123 Å². The van der Waals surface area contributed by atoms with Crippen molar-refractivity contribution in [1.29, 1.82) is 0 Å². The maximum Gasteiger partial charge on any atom is 0.196 e. The Balaban J connectivity index is 2.47. The fraction of sp³-hybridized carbons (Fsp3) is 0.0714. The molecule has 0 saturated carbocycles. The number of carbonyl (C=O) groups is 1. The minimum atomic E-state index is -0.514. The largest absolute Gasteiger partial charge is 0.288 e. The van der Waals surface area contributed by atoms with Crippen molar-refractivity contribution in [3.05, 3.63) is 67.5 Å². The third-order valence-electron chi connectivity index (χ3n) is 2.55. The molecule has 2 aromatic carbocycles. The van der Waals surface area contributed by atoms with Gasteiger partial charge in [0, 0.05) is 9.13 Å². The fourth-order valence-electron chi connectivity index (χ4n) is 1.61. The topological polar surface area (TPSA) is 17.1 Å². The highest BCUT2D eigenvalue weighted by Crippen LogP contribution is 2.22. The average molecular weight is 375 g/mol. The lowest BCUT2D eigenvalue weighted by Crippen LogP contribution is -2.05. The second-order valence-corrected chi connectivity index (χ2v) is 5.51. The van der Waals surface area contributed by atoms with Crippen molar-refractivity contribution in [3.8, 4) is 0 Å². The van der Waals surface area contributed by atoms with Crippen molar-refractivity contribution in [2.45, 2.75) is 6.92 Å². The van der Waals surface area contributed by atoms with Crippen molar-refractivity contribution in [2.75, 3.05) is 0 Å². The van der Waals surface area contributed by atoms with Gasteiger partial charge in [-0.05, 0) is 59.8 Å². The van der Waals surface area contributed by atoms with E-state index in [4.69, 9.17) is 11.6 Å². The molecule has 0 atom stereocenters. The molecule has 0 radical (unpaired) electrons. The van der Waals surface area contributed by atoms with Crippen LogP contribution < -0.4 is 0 Å². The molecule has 2 aromatic rings. The molecule has 0 spiro atoms. The van der Waals surface area contributed by atoms with Crippen LogP contribution in [-0.2, 0) is 0 Å². The summed E-state index contributed by atoms with van der Waals surface area (Å²) in [6.07, 6.45) is 0. The molecule has 1 nitrogen and oxygen atoms in total. The third-order valence-corrected chi connectivity index (χ3v) is 4.12. The van der Waals surface area contributed by atoms with Gasteiger partial charge in [-0.3, -0.25) is 4.79 Å². The lowest BCUT2D eigenvalue weighted by atomic mass is 10.0. The van der Waals surface area contributed by atoms with Crippen LogP contribution in [0.2, 0.25) is 5.02 Å². The molecule has 0 aromatic heterocycles. The normalized spacial score (nSPS) is 10.4. The van der Waals surface area contributed by atoms with Gasteiger partial charge in [-0.15, -0.1) is 0 Å². The van der Waals surface area contributed by atoms with Crippen LogP contribution >= 0.6 is 34.2 Å². The van der Waals surface area contributed by atoms with Gasteiger partial charge in [0.15, 0.2) is 5.78 Å². The molecule has 0 aliphatic heterocycles. The number of hydrogen-bond donors (Lipinski definition) is 0. The Bertz CT molecular complexity index is 625. The number of benzene rings is 2. The zero-order valence-corrected chi connectivity index (χ0v) is 12.4. The average Bonchev–Trinajstić information content (AvgIpc) is 2.35. The van der Waals surface area contributed by atoms with Crippen LogP contribution in [0.15, 0.2) is 36.4 Å². The highest BCUT2D eigenvalue weighted by molar-refractivity contribution is 14.1. The van der Waals surface area contributed by atoms with Gasteiger partial charge >= 0.3 is 0 Å². The first-order valence-corrected chi connectivity index (χ1v) is 6.70. The van der Waals surface area contributed by atoms with E-state index < -0.39 is 5.82 Å². The van der Waals surface area contributed by atoms with Crippen LogP contribution in [-0.4, -0.2) is 5.78 Å². The summed E-state index contributed by atoms with van der Waals surface area (Å²) in [5.74, 6) is -0.866. The Morgan fingerprint density at radius 3 is 2.61 bits per heavy atom. The van der Waals surface area contributed by atoms with E-state index in [1.807, 2.05) is 6.92 Å². The summed E-state index contributed by atoms with van der Waals surface area (Å²) in [5.41, 5.74) is 1.31. The molecule has 0 fully saturated rings. The van der Waals surface area contributed by atoms with Gasteiger partial charge in [-0.1, -0.05) is 23.2 Å². The van der Waals surface area contributed by atoms with E-state index in [1.54, 1.807) is 30.3 Å². The van der Waals surface area contributed by atoms with E-state index >= 15 is 0 Å². The number of rotatable bonds is 2. The van der Waals surface area contributed by atoms with E-state index in [9.17, 15) is 9.18 Å². The third kappa shape index (κ3) is 2.72. The number of hydrogen-bond acceptors (Lipinski definition) is 1. The molecule has 0 unspecified atom stereocenters. The van der Waals surface area contributed by atoms with Crippen LogP contribution in [0.4, 0.5) is 4.39 Å². The Morgan fingerprint density at radius 2 is 1.94 bits per heavy atom. The molecule has 18 heavy (non-hydrogen) atoms. The van der Waals surface area contributed by atoms with Crippen LogP contribution in [0.1, 0.15) is 21.5 Å². The van der Waals surface area contributed by atoms with Gasteiger partial charge in [-0.2, -0.15) is 0 Å². The number of carbonyl (C=O) groups excluding carboxylic acids is 1. The van der Waals surface area contributed by atoms with Gasteiger partial charge < -0.3 is 0 Å². The summed E-state index contributed by atoms with van der Waals surface area (Å²) in [5, 5.41) is 0.495. The maximum atomic E-state index is 13.6. The predicted octanol–water partition coefficient (Wildman–Crippen LogP) is 4.62. The zero-order chi connectivity index (χ0) is 13.3. The first kappa shape index (κ1) is 13.5. The summed E-state index contributed by atoms with van der Waals surface area (Å²) in [4.78, 5) is 12.2. The van der Waals surface area contributed by atoms with Crippen LogP contribution in [0.3, 0.4) is 0 Å². The van der Waals surface area contributed by atoms with Crippen LogP contribution in [0.5, 0.6) is 0 Å². The molecule has 0 bridgehead atoms. The van der Waals surface area contributed by atoms with Gasteiger partial charge in [-0.25, -0.2) is 4.39 Å². The molecule has 0 aliphatic carbocycles. The predicted molar refractivity (Wildman–Crippen MR) is 78.7 cm³/mol. The zero-order valence-electron chi connectivity index (χ0n) is 9.51. The van der Waals surface area contributed by atoms with Crippen molar-refractivity contribution < 1.29 is 9.18 Å². The minimum absolute atomic E-state index is 0.0762. The van der Waals surface area contributed by atoms with Crippen molar-refractivity contribution in [3.63, 3.8) is 0 Å². The smallest absolute Gasteiger partial charge is 0.196 e. The SMILES string of the molecule is Cc1ccc(F)c(C(=O)c2ccc(I)c(Cl)c2)c1. The lowest BCUT2D eigenvalue weighted by molar-refractivity contribution is 0.103. The Morgan fingerprint density at radius 1 is 1.22 bits per heavy atom.